The van der Waals surface area contributed by atoms with Gasteiger partial charge in [0.15, 0.2) is 6.54 Å². The van der Waals surface area contributed by atoms with Crippen molar-refractivity contribution in [3.63, 3.8) is 0 Å². The Balaban J connectivity index is 1.75. The highest BCUT2D eigenvalue weighted by Crippen LogP contribution is 2.37. The second-order valence-corrected chi connectivity index (χ2v) is 8.54. The summed E-state index contributed by atoms with van der Waals surface area (Å²) in [5.74, 6) is 1.10. The van der Waals surface area contributed by atoms with Crippen molar-refractivity contribution >= 4 is 38.5 Å². The van der Waals surface area contributed by atoms with Gasteiger partial charge in [-0.15, -0.1) is 0 Å². The summed E-state index contributed by atoms with van der Waals surface area (Å²) in [6.45, 7) is 3.62. The van der Waals surface area contributed by atoms with Crippen LogP contribution in [0.15, 0.2) is 53.0 Å². The smallest absolute Gasteiger partial charge is 0.316 e. The molecule has 5 heteroatoms. The number of nitrogens with zero attached hydrogens (tertiary/aromatic N) is 2. The Morgan fingerprint density at radius 3 is 2.56 bits per heavy atom. The highest BCUT2D eigenvalue weighted by atomic mass is 79.9. The van der Waals surface area contributed by atoms with E-state index >= 15 is 0 Å². The zero-order chi connectivity index (χ0) is 17.4. The molecule has 1 atom stereocenters. The van der Waals surface area contributed by atoms with Crippen LogP contribution in [-0.4, -0.2) is 33.7 Å². The maximum atomic E-state index is 11.6. The summed E-state index contributed by atoms with van der Waals surface area (Å²) in [7, 11) is 0. The van der Waals surface area contributed by atoms with Crippen LogP contribution in [0.5, 0.6) is 0 Å². The molecule has 2 aliphatic rings. The molecule has 0 aliphatic carbocycles. The van der Waals surface area contributed by atoms with E-state index in [2.05, 4.69) is 56.6 Å². The standard InChI is InChI=1S/C20H22BrN2OS/c1-2-15-4-10-18(11-5-15)22-14-20(24,16-6-8-17(21)9-7-16)23-12-3-13-25-19(22)23/h4-11,24H,2-3,12-14H2,1H3/q+1/t20-/m0/s1. The Labute approximate surface area is 161 Å². The number of β-amino-alcohol motifs (C(OH)–C–C–N with tert-alkyl or cyclic N) is 1. The van der Waals surface area contributed by atoms with Gasteiger partial charge in [0, 0.05) is 15.8 Å². The van der Waals surface area contributed by atoms with Crippen molar-refractivity contribution in [2.24, 2.45) is 0 Å². The van der Waals surface area contributed by atoms with E-state index in [-0.39, 0.29) is 0 Å². The first kappa shape index (κ1) is 17.1. The molecule has 4 rings (SSSR count). The average molecular weight is 418 g/mol. The minimum absolute atomic E-state index is 0.558. The minimum atomic E-state index is -0.979. The molecule has 2 aliphatic heterocycles. The summed E-state index contributed by atoms with van der Waals surface area (Å²) < 4.78 is 3.21. The van der Waals surface area contributed by atoms with Crippen molar-refractivity contribution < 1.29 is 9.68 Å². The van der Waals surface area contributed by atoms with E-state index in [1.165, 1.54) is 10.7 Å². The predicted octanol–water partition coefficient (Wildman–Crippen LogP) is 4.18. The third-order valence-electron chi connectivity index (χ3n) is 5.01. The minimum Gasteiger partial charge on any atom is -0.346 e. The summed E-state index contributed by atoms with van der Waals surface area (Å²) in [6, 6.07) is 16.8. The third kappa shape index (κ3) is 3.03. The van der Waals surface area contributed by atoms with Crippen LogP contribution in [0.3, 0.4) is 0 Å². The summed E-state index contributed by atoms with van der Waals surface area (Å²) in [4.78, 5) is 2.27. The van der Waals surface area contributed by atoms with Crippen molar-refractivity contribution in [1.29, 1.82) is 0 Å². The number of halogens is 1. The molecule has 2 aromatic carbocycles. The largest absolute Gasteiger partial charge is 0.346 e. The van der Waals surface area contributed by atoms with Crippen LogP contribution in [0.25, 0.3) is 0 Å². The molecule has 0 saturated heterocycles. The van der Waals surface area contributed by atoms with Crippen LogP contribution in [0, 0.1) is 0 Å². The molecule has 2 heterocycles. The second kappa shape index (κ2) is 6.78. The number of rotatable bonds is 3. The lowest BCUT2D eigenvalue weighted by atomic mass is 10.0. The first-order chi connectivity index (χ1) is 12.1. The van der Waals surface area contributed by atoms with Crippen LogP contribution < -0.4 is 4.90 Å². The molecular weight excluding hydrogens is 396 g/mol. The second-order valence-electron chi connectivity index (χ2n) is 6.57. The summed E-state index contributed by atoms with van der Waals surface area (Å²) in [5, 5.41) is 12.8. The lowest BCUT2D eigenvalue weighted by Crippen LogP contribution is -2.41. The number of aliphatic hydroxyl groups is 1. The SMILES string of the molecule is CCc1ccc(N2C[C@](O)(c3ccc(Br)cc3)[N+]3=C2SCCC3)cc1. The number of anilines is 1. The van der Waals surface area contributed by atoms with Crippen LogP contribution in [-0.2, 0) is 12.1 Å². The Morgan fingerprint density at radius 1 is 1.16 bits per heavy atom. The van der Waals surface area contributed by atoms with Crippen LogP contribution in [0.1, 0.15) is 24.5 Å². The molecule has 0 spiro atoms. The quantitative estimate of drug-likeness (QED) is 0.758. The molecule has 3 nitrogen and oxygen atoms in total. The number of hydrogen-bond acceptors (Lipinski definition) is 3. The van der Waals surface area contributed by atoms with E-state index in [0.717, 1.165) is 40.9 Å². The van der Waals surface area contributed by atoms with Crippen molar-refractivity contribution in [3.8, 4) is 0 Å². The van der Waals surface area contributed by atoms with Gasteiger partial charge in [0.25, 0.3) is 5.72 Å². The number of benzene rings is 2. The van der Waals surface area contributed by atoms with E-state index in [0.29, 0.717) is 6.54 Å². The molecular formula is C20H22BrN2OS+. The van der Waals surface area contributed by atoms with E-state index in [1.807, 2.05) is 36.0 Å². The number of thioether (sulfide) groups is 1. The first-order valence-corrected chi connectivity index (χ1v) is 10.5. The van der Waals surface area contributed by atoms with Gasteiger partial charge in [-0.3, -0.25) is 0 Å². The topological polar surface area (TPSA) is 26.5 Å². The first-order valence-electron chi connectivity index (χ1n) is 8.74. The highest BCUT2D eigenvalue weighted by Gasteiger charge is 2.53. The molecule has 0 fully saturated rings. The number of amidine groups is 1. The predicted molar refractivity (Wildman–Crippen MR) is 108 cm³/mol. The van der Waals surface area contributed by atoms with Crippen molar-refractivity contribution in [1.82, 2.24) is 0 Å². The van der Waals surface area contributed by atoms with Gasteiger partial charge >= 0.3 is 5.17 Å². The van der Waals surface area contributed by atoms with Crippen LogP contribution in [0.2, 0.25) is 0 Å². The summed E-state index contributed by atoms with van der Waals surface area (Å²) in [6.07, 6.45) is 2.14. The highest BCUT2D eigenvalue weighted by molar-refractivity contribution is 9.10. The summed E-state index contributed by atoms with van der Waals surface area (Å²) >= 11 is 5.33. The van der Waals surface area contributed by atoms with E-state index in [1.54, 1.807) is 0 Å². The maximum absolute atomic E-state index is 11.6. The molecule has 1 N–H and O–H groups in total. The molecule has 0 saturated carbocycles. The van der Waals surface area contributed by atoms with Gasteiger partial charge in [-0.2, -0.15) is 0 Å². The fourth-order valence-electron chi connectivity index (χ4n) is 3.58. The molecule has 130 valence electrons. The van der Waals surface area contributed by atoms with Gasteiger partial charge in [-0.25, -0.2) is 9.48 Å². The molecule has 0 amide bonds. The Kier molecular flexibility index (Phi) is 4.65. The summed E-state index contributed by atoms with van der Waals surface area (Å²) in [5.41, 5.74) is 2.46. The molecule has 25 heavy (non-hydrogen) atoms. The van der Waals surface area contributed by atoms with Crippen LogP contribution in [0.4, 0.5) is 5.69 Å². The monoisotopic (exact) mass is 417 g/mol. The maximum Gasteiger partial charge on any atom is 0.316 e. The van der Waals surface area contributed by atoms with Crippen LogP contribution >= 0.6 is 27.7 Å². The van der Waals surface area contributed by atoms with Gasteiger partial charge in [-0.05, 0) is 54.4 Å². The Bertz CT molecular complexity index is 803. The Morgan fingerprint density at radius 2 is 1.88 bits per heavy atom. The van der Waals surface area contributed by atoms with Gasteiger partial charge < -0.3 is 5.11 Å². The van der Waals surface area contributed by atoms with E-state index in [4.69, 9.17) is 0 Å². The number of hydrogen-bond donors (Lipinski definition) is 1. The van der Waals surface area contributed by atoms with Gasteiger partial charge in [0.05, 0.1) is 6.54 Å². The zero-order valence-corrected chi connectivity index (χ0v) is 16.7. The van der Waals surface area contributed by atoms with E-state index in [9.17, 15) is 5.11 Å². The van der Waals surface area contributed by atoms with Gasteiger partial charge in [0.1, 0.15) is 5.69 Å². The zero-order valence-electron chi connectivity index (χ0n) is 14.3. The van der Waals surface area contributed by atoms with Gasteiger partial charge in [-0.1, -0.05) is 47.1 Å². The molecule has 2 aromatic rings. The van der Waals surface area contributed by atoms with Crippen molar-refractivity contribution in [2.75, 3.05) is 23.7 Å². The molecule has 0 bridgehead atoms. The van der Waals surface area contributed by atoms with Crippen molar-refractivity contribution in [3.05, 3.63) is 64.1 Å². The lowest BCUT2D eigenvalue weighted by Gasteiger charge is -2.24. The molecule has 0 unspecified atom stereocenters. The third-order valence-corrected chi connectivity index (χ3v) is 6.73. The van der Waals surface area contributed by atoms with Crippen molar-refractivity contribution in [2.45, 2.75) is 25.5 Å². The fourth-order valence-corrected chi connectivity index (χ4v) is 5.02. The Hall–Kier alpha value is -1.30. The lowest BCUT2D eigenvalue weighted by molar-refractivity contribution is -0.656. The number of aryl methyl sites for hydroxylation is 1. The molecule has 0 aromatic heterocycles. The fraction of sp³-hybridized carbons (Fsp3) is 0.350. The molecule has 0 radical (unpaired) electrons. The average Bonchev–Trinajstić information content (AvgIpc) is 2.97. The van der Waals surface area contributed by atoms with E-state index < -0.39 is 5.72 Å². The normalized spacial score (nSPS) is 23.1. The van der Waals surface area contributed by atoms with Gasteiger partial charge in [0.2, 0.25) is 0 Å².